The van der Waals surface area contributed by atoms with Crippen molar-refractivity contribution in [2.45, 2.75) is 52.6 Å². The van der Waals surface area contributed by atoms with E-state index in [4.69, 9.17) is 0 Å². The van der Waals surface area contributed by atoms with Gasteiger partial charge in [-0.3, -0.25) is 9.59 Å². The molecule has 1 aromatic carbocycles. The zero-order valence-electron chi connectivity index (χ0n) is 20.6. The fraction of sp³-hybridized carbons (Fsp3) is 0.538. The van der Waals surface area contributed by atoms with Crippen molar-refractivity contribution in [3.63, 3.8) is 0 Å². The minimum absolute atomic E-state index is 0. The van der Waals surface area contributed by atoms with Gasteiger partial charge in [-0.1, -0.05) is 13.8 Å². The molecule has 0 bridgehead atoms. The van der Waals surface area contributed by atoms with Gasteiger partial charge in [0.05, 0.1) is 10.4 Å². The molecule has 196 valence electrons. The van der Waals surface area contributed by atoms with Crippen LogP contribution in [0.1, 0.15) is 50.9 Å². The summed E-state index contributed by atoms with van der Waals surface area (Å²) in [5.74, 6) is 1.16. The van der Waals surface area contributed by atoms with E-state index in [2.05, 4.69) is 53.8 Å². The molecule has 2 aromatic rings. The van der Waals surface area contributed by atoms with Crippen molar-refractivity contribution in [1.29, 1.82) is 0 Å². The van der Waals surface area contributed by atoms with Crippen LogP contribution in [0, 0.1) is 5.92 Å². The predicted octanol–water partition coefficient (Wildman–Crippen LogP) is 4.11. The van der Waals surface area contributed by atoms with E-state index in [0.717, 1.165) is 55.6 Å². The lowest BCUT2D eigenvalue weighted by molar-refractivity contribution is -0.125. The Morgan fingerprint density at radius 2 is 1.78 bits per heavy atom. The van der Waals surface area contributed by atoms with E-state index in [1.54, 1.807) is 6.20 Å². The summed E-state index contributed by atoms with van der Waals surface area (Å²) in [5, 5.41) is 9.69. The zero-order valence-corrected chi connectivity index (χ0v) is 22.1. The van der Waals surface area contributed by atoms with Gasteiger partial charge in [0.2, 0.25) is 11.9 Å². The monoisotopic (exact) mass is 559 g/mol. The number of halogens is 1. The van der Waals surface area contributed by atoms with Gasteiger partial charge in [-0.25, -0.2) is 4.98 Å². The van der Waals surface area contributed by atoms with E-state index >= 15 is 0 Å². The first-order chi connectivity index (χ1) is 16.8. The molecule has 1 aliphatic carbocycles. The number of nitrogens with one attached hydrogen (secondary N) is 3. The van der Waals surface area contributed by atoms with Gasteiger partial charge < -0.3 is 25.8 Å². The summed E-state index contributed by atoms with van der Waals surface area (Å²) < 4.78 is 0.742. The van der Waals surface area contributed by atoms with Crippen LogP contribution in [-0.4, -0.2) is 76.9 Å². The maximum atomic E-state index is 12.8. The van der Waals surface area contributed by atoms with E-state index in [1.807, 2.05) is 43.0 Å². The number of nitrogens with zero attached hydrogens (tertiary/aromatic N) is 4. The van der Waals surface area contributed by atoms with Gasteiger partial charge >= 0.3 is 0 Å². The Hall–Kier alpha value is -2.72. The number of rotatable bonds is 7. The average Bonchev–Trinajstić information content (AvgIpc) is 3.30. The second-order valence-electron chi connectivity index (χ2n) is 9.64. The lowest BCUT2D eigenvalue weighted by Crippen LogP contribution is -2.47. The van der Waals surface area contributed by atoms with Crippen molar-refractivity contribution < 1.29 is 9.59 Å². The fourth-order valence-electron chi connectivity index (χ4n) is 4.56. The van der Waals surface area contributed by atoms with E-state index in [0.29, 0.717) is 17.3 Å². The van der Waals surface area contributed by atoms with Crippen LogP contribution in [0.3, 0.4) is 0 Å². The number of carbonyl (C=O) groups excluding carboxylic acids is 2. The highest BCUT2D eigenvalue weighted by Crippen LogP contribution is 2.31. The molecule has 1 aromatic heterocycles. The van der Waals surface area contributed by atoms with Crippen molar-refractivity contribution in [2.24, 2.45) is 5.92 Å². The number of benzene rings is 1. The smallest absolute Gasteiger partial charge is 0.253 e. The van der Waals surface area contributed by atoms with Crippen LogP contribution < -0.4 is 16.0 Å². The van der Waals surface area contributed by atoms with Crippen LogP contribution >= 0.6 is 15.9 Å². The Labute approximate surface area is 222 Å². The molecule has 2 heterocycles. The molecule has 9 nitrogen and oxygen atoms in total. The van der Waals surface area contributed by atoms with Gasteiger partial charge in [-0.2, -0.15) is 4.98 Å². The molecule has 1 saturated carbocycles. The van der Waals surface area contributed by atoms with Crippen LogP contribution in [0.4, 0.5) is 17.5 Å². The van der Waals surface area contributed by atoms with Gasteiger partial charge in [0, 0.05) is 55.7 Å². The van der Waals surface area contributed by atoms with Gasteiger partial charge in [-0.15, -0.1) is 0 Å². The van der Waals surface area contributed by atoms with Crippen LogP contribution in [0.25, 0.3) is 0 Å². The summed E-state index contributed by atoms with van der Waals surface area (Å²) in [6, 6.07) is 7.53. The standard InChI is InChI=1S/C25H34BrN7O2.CH4/c1-16(2)28-23(34)19-5-4-6-21(19)30-22-20(26)15-27-25(31-22)29-18-9-7-17(8-10-18)24(35)33-13-11-32(3)12-14-33;/h7-10,15-16,19,21H,4-6,11-14H2,1-3H3,(H,28,34)(H2,27,29,30,31);1H4/t19-,21+;/m0./s1. The number of anilines is 3. The number of aromatic nitrogens is 2. The van der Waals surface area contributed by atoms with Crippen molar-refractivity contribution in [3.05, 3.63) is 40.5 Å². The van der Waals surface area contributed by atoms with Crippen molar-refractivity contribution in [3.8, 4) is 0 Å². The number of hydrogen-bond acceptors (Lipinski definition) is 7. The third-order valence-electron chi connectivity index (χ3n) is 6.53. The maximum Gasteiger partial charge on any atom is 0.253 e. The minimum atomic E-state index is -0.0824. The molecular formula is C26H38BrN7O2. The van der Waals surface area contributed by atoms with Gasteiger partial charge in [0.15, 0.2) is 0 Å². The van der Waals surface area contributed by atoms with Crippen LogP contribution in [0.15, 0.2) is 34.9 Å². The molecule has 3 N–H and O–H groups in total. The topological polar surface area (TPSA) is 102 Å². The quantitative estimate of drug-likeness (QED) is 0.469. The molecule has 2 fully saturated rings. The third-order valence-corrected chi connectivity index (χ3v) is 7.11. The lowest BCUT2D eigenvalue weighted by atomic mass is 10.0. The third kappa shape index (κ3) is 6.94. The molecule has 0 unspecified atom stereocenters. The van der Waals surface area contributed by atoms with Crippen LogP contribution in [0.5, 0.6) is 0 Å². The fourth-order valence-corrected chi connectivity index (χ4v) is 4.87. The summed E-state index contributed by atoms with van der Waals surface area (Å²) in [6.07, 6.45) is 4.48. The molecule has 2 atom stereocenters. The van der Waals surface area contributed by atoms with E-state index in [-0.39, 0.29) is 37.2 Å². The maximum absolute atomic E-state index is 12.8. The second kappa shape index (κ2) is 12.5. The Kier molecular flexibility index (Phi) is 9.67. The molecule has 0 radical (unpaired) electrons. The Morgan fingerprint density at radius 3 is 2.44 bits per heavy atom. The highest BCUT2D eigenvalue weighted by molar-refractivity contribution is 9.10. The molecule has 2 amide bonds. The second-order valence-corrected chi connectivity index (χ2v) is 10.5. The van der Waals surface area contributed by atoms with Crippen LogP contribution in [0.2, 0.25) is 0 Å². The first kappa shape index (κ1) is 27.9. The SMILES string of the molecule is C.CC(C)NC(=O)[C@H]1CCC[C@H]1Nc1nc(Nc2ccc(C(=O)N3CCN(C)CC3)cc2)ncc1Br. The normalized spacial score (nSPS) is 20.1. The van der Waals surface area contributed by atoms with Gasteiger partial charge in [0.1, 0.15) is 5.82 Å². The van der Waals surface area contributed by atoms with E-state index in [1.165, 1.54) is 0 Å². The largest absolute Gasteiger partial charge is 0.365 e. The number of piperazine rings is 1. The van der Waals surface area contributed by atoms with Crippen molar-refractivity contribution >= 4 is 45.2 Å². The highest BCUT2D eigenvalue weighted by atomic mass is 79.9. The summed E-state index contributed by atoms with van der Waals surface area (Å²) in [6.45, 7) is 7.24. The van der Waals surface area contributed by atoms with Crippen LogP contribution in [-0.2, 0) is 4.79 Å². The first-order valence-corrected chi connectivity index (χ1v) is 13.0. The molecule has 10 heteroatoms. The molecule has 1 saturated heterocycles. The van der Waals surface area contributed by atoms with E-state index in [9.17, 15) is 9.59 Å². The molecule has 36 heavy (non-hydrogen) atoms. The van der Waals surface area contributed by atoms with Crippen molar-refractivity contribution in [2.75, 3.05) is 43.9 Å². The number of amides is 2. The Balaban J connectivity index is 0.00000361. The summed E-state index contributed by atoms with van der Waals surface area (Å²) in [5.41, 5.74) is 1.47. The highest BCUT2D eigenvalue weighted by Gasteiger charge is 2.33. The van der Waals surface area contributed by atoms with Crippen molar-refractivity contribution in [1.82, 2.24) is 25.1 Å². The molecule has 2 aliphatic rings. The zero-order chi connectivity index (χ0) is 24.9. The number of carbonyl (C=O) groups is 2. The molecule has 0 spiro atoms. The number of hydrogen-bond donors (Lipinski definition) is 3. The molecular weight excluding hydrogens is 522 g/mol. The Bertz CT molecular complexity index is 1040. The molecule has 4 rings (SSSR count). The first-order valence-electron chi connectivity index (χ1n) is 12.2. The number of likely N-dealkylation sites (N-methyl/N-ethyl adjacent to an activating group) is 1. The van der Waals surface area contributed by atoms with Gasteiger partial charge in [-0.05, 0) is 73.9 Å². The Morgan fingerprint density at radius 1 is 1.08 bits per heavy atom. The predicted molar refractivity (Wildman–Crippen MR) is 148 cm³/mol. The summed E-state index contributed by atoms with van der Waals surface area (Å²) in [4.78, 5) is 38.5. The minimum Gasteiger partial charge on any atom is -0.365 e. The summed E-state index contributed by atoms with van der Waals surface area (Å²) in [7, 11) is 2.07. The van der Waals surface area contributed by atoms with Gasteiger partial charge in [0.25, 0.3) is 5.91 Å². The summed E-state index contributed by atoms with van der Waals surface area (Å²) >= 11 is 3.53. The van der Waals surface area contributed by atoms with E-state index < -0.39 is 0 Å². The average molecular weight is 561 g/mol. The lowest BCUT2D eigenvalue weighted by Gasteiger charge is -2.32. The molecule has 1 aliphatic heterocycles.